The Hall–Kier alpha value is -3.40. The second kappa shape index (κ2) is 10.7. The molecule has 3 rings (SSSR count). The Morgan fingerprint density at radius 1 is 0.944 bits per heavy atom. The maximum atomic E-state index is 13.1. The van der Waals surface area contributed by atoms with Crippen molar-refractivity contribution in [3.63, 3.8) is 0 Å². The Bertz CT molecular complexity index is 1430. The number of anilines is 1. The number of aliphatic carboxylic acids is 1. The molecule has 0 aromatic heterocycles. The fourth-order valence-electron chi connectivity index (χ4n) is 3.96. The van der Waals surface area contributed by atoms with E-state index in [1.165, 1.54) is 0 Å². The van der Waals surface area contributed by atoms with Crippen molar-refractivity contribution in [2.75, 3.05) is 11.3 Å². The lowest BCUT2D eigenvalue weighted by atomic mass is 9.94. The van der Waals surface area contributed by atoms with E-state index in [2.05, 4.69) is 10.0 Å². The van der Waals surface area contributed by atoms with Crippen molar-refractivity contribution >= 4 is 39.2 Å². The van der Waals surface area contributed by atoms with Gasteiger partial charge in [0.25, 0.3) is 15.9 Å². The third-order valence-electron chi connectivity index (χ3n) is 5.79. The van der Waals surface area contributed by atoms with Gasteiger partial charge in [-0.1, -0.05) is 35.9 Å². The highest BCUT2D eigenvalue weighted by Gasteiger charge is 2.22. The molecule has 0 aliphatic rings. The fourth-order valence-corrected chi connectivity index (χ4v) is 5.54. The zero-order valence-corrected chi connectivity index (χ0v) is 21.9. The minimum absolute atomic E-state index is 0.147. The third-order valence-corrected chi connectivity index (χ3v) is 7.72. The molecule has 0 spiro atoms. The lowest BCUT2D eigenvalue weighted by Gasteiger charge is -2.17. The molecule has 1 amide bonds. The molecule has 0 aliphatic carbocycles. The molecule has 1 atom stereocenters. The summed E-state index contributed by atoms with van der Waals surface area (Å²) in [6.45, 7) is 6.71. The van der Waals surface area contributed by atoms with Crippen LogP contribution in [0.25, 0.3) is 11.1 Å². The van der Waals surface area contributed by atoms with Gasteiger partial charge in [0.05, 0.1) is 4.90 Å². The van der Waals surface area contributed by atoms with Crippen LogP contribution in [0.1, 0.15) is 32.6 Å². The van der Waals surface area contributed by atoms with Gasteiger partial charge in [-0.2, -0.15) is 0 Å². The molecule has 3 aromatic rings. The molecule has 0 fully saturated rings. The van der Waals surface area contributed by atoms with Gasteiger partial charge in [-0.15, -0.1) is 0 Å². The van der Waals surface area contributed by atoms with E-state index in [1.807, 2.05) is 6.07 Å². The van der Waals surface area contributed by atoms with Crippen LogP contribution < -0.4 is 15.8 Å². The van der Waals surface area contributed by atoms with Gasteiger partial charge >= 0.3 is 5.97 Å². The molecular weight excluding hydrogens is 502 g/mol. The molecule has 10 heteroatoms. The number of rotatable bonds is 8. The summed E-state index contributed by atoms with van der Waals surface area (Å²) in [6.07, 6.45) is 0. The average molecular weight is 530 g/mol. The number of carboxylic acid groups (broad SMARTS) is 1. The summed E-state index contributed by atoms with van der Waals surface area (Å²) in [5, 5.41) is 12.1. The Morgan fingerprint density at radius 3 is 2.17 bits per heavy atom. The highest BCUT2D eigenvalue weighted by atomic mass is 35.5. The Balaban J connectivity index is 1.92. The molecule has 190 valence electrons. The highest BCUT2D eigenvalue weighted by molar-refractivity contribution is 7.92. The first kappa shape index (κ1) is 27.2. The Labute approximate surface area is 215 Å². The number of sulfonamides is 1. The van der Waals surface area contributed by atoms with Gasteiger partial charge < -0.3 is 16.2 Å². The van der Waals surface area contributed by atoms with E-state index in [4.69, 9.17) is 17.3 Å². The molecule has 5 N–H and O–H groups in total. The van der Waals surface area contributed by atoms with E-state index in [1.54, 1.807) is 70.2 Å². The van der Waals surface area contributed by atoms with Gasteiger partial charge in [0.1, 0.15) is 6.04 Å². The number of hydrogen-bond acceptors (Lipinski definition) is 5. The zero-order chi connectivity index (χ0) is 26.8. The van der Waals surface area contributed by atoms with Gasteiger partial charge in [0, 0.05) is 22.8 Å². The van der Waals surface area contributed by atoms with Gasteiger partial charge in [-0.05, 0) is 85.3 Å². The van der Waals surface area contributed by atoms with Crippen molar-refractivity contribution in [3.8, 4) is 11.1 Å². The maximum Gasteiger partial charge on any atom is 0.327 e. The van der Waals surface area contributed by atoms with Gasteiger partial charge in [-0.25, -0.2) is 13.2 Å². The Kier molecular flexibility index (Phi) is 8.08. The van der Waals surface area contributed by atoms with Crippen molar-refractivity contribution in [1.82, 2.24) is 5.32 Å². The van der Waals surface area contributed by atoms with Crippen molar-refractivity contribution in [1.29, 1.82) is 0 Å². The lowest BCUT2D eigenvalue weighted by molar-refractivity contribution is -0.138. The molecule has 0 saturated heterocycles. The SMILES string of the molecule is Cc1cc(S(=O)(=O)Nc2cccc(-c3cc(C)c(C(=O)N[C@H](CN)C(=O)O)c(C)c3)c2)c(C)cc1Cl. The minimum Gasteiger partial charge on any atom is -0.480 e. The van der Waals surface area contributed by atoms with Crippen LogP contribution in [0.4, 0.5) is 5.69 Å². The molecular formula is C26H28ClN3O5S. The summed E-state index contributed by atoms with van der Waals surface area (Å²) in [5.41, 5.74) is 10.2. The van der Waals surface area contributed by atoms with E-state index in [0.29, 0.717) is 38.5 Å². The highest BCUT2D eigenvalue weighted by Crippen LogP contribution is 2.30. The van der Waals surface area contributed by atoms with Crippen molar-refractivity contribution in [3.05, 3.63) is 81.4 Å². The van der Waals surface area contributed by atoms with E-state index in [9.17, 15) is 23.1 Å². The summed E-state index contributed by atoms with van der Waals surface area (Å²) in [4.78, 5) is 24.1. The van der Waals surface area contributed by atoms with Gasteiger partial charge in [0.15, 0.2) is 0 Å². The first-order chi connectivity index (χ1) is 16.8. The average Bonchev–Trinajstić information content (AvgIpc) is 2.78. The number of carboxylic acids is 1. The number of halogens is 1. The third kappa shape index (κ3) is 5.87. The standard InChI is InChI=1S/C26H28ClN3O5S/c1-14-11-23(15(2)10-21(14)27)36(34,35)30-20-7-5-6-18(12-20)19-8-16(3)24(17(4)9-19)25(31)29-22(13-28)26(32)33/h5-12,22,30H,13,28H2,1-4H3,(H,29,31)(H,32,33)/t22-/m1/s1. The van der Waals surface area contributed by atoms with Crippen LogP contribution in [0.3, 0.4) is 0 Å². The maximum absolute atomic E-state index is 13.1. The summed E-state index contributed by atoms with van der Waals surface area (Å²) in [6, 6.07) is 12.5. The predicted octanol–water partition coefficient (Wildman–Crippen LogP) is 4.18. The molecule has 3 aromatic carbocycles. The molecule has 8 nitrogen and oxygen atoms in total. The van der Waals surface area contributed by atoms with Crippen LogP contribution in [-0.4, -0.2) is 38.0 Å². The summed E-state index contributed by atoms with van der Waals surface area (Å²) in [7, 11) is -3.86. The molecule has 0 heterocycles. The number of amides is 1. The predicted molar refractivity (Wildman–Crippen MR) is 141 cm³/mol. The number of benzene rings is 3. The van der Waals surface area contributed by atoms with Crippen LogP contribution in [0.5, 0.6) is 0 Å². The number of carbonyl (C=O) groups excluding carboxylic acids is 1. The second-order valence-electron chi connectivity index (χ2n) is 8.64. The normalized spacial score (nSPS) is 12.2. The number of aryl methyl sites for hydroxylation is 4. The largest absolute Gasteiger partial charge is 0.480 e. The first-order valence-electron chi connectivity index (χ1n) is 11.1. The zero-order valence-electron chi connectivity index (χ0n) is 20.3. The van der Waals surface area contributed by atoms with Crippen LogP contribution >= 0.6 is 11.6 Å². The number of carbonyl (C=O) groups is 2. The van der Waals surface area contributed by atoms with Crippen LogP contribution in [0, 0.1) is 27.7 Å². The monoisotopic (exact) mass is 529 g/mol. The summed E-state index contributed by atoms with van der Waals surface area (Å²) < 4.78 is 28.8. The molecule has 0 bridgehead atoms. The second-order valence-corrected chi connectivity index (χ2v) is 10.7. The number of hydrogen-bond donors (Lipinski definition) is 4. The van der Waals surface area contributed by atoms with Crippen LogP contribution in [-0.2, 0) is 14.8 Å². The van der Waals surface area contributed by atoms with Crippen molar-refractivity contribution in [2.24, 2.45) is 5.73 Å². The minimum atomic E-state index is -3.86. The topological polar surface area (TPSA) is 139 Å². The number of nitrogens with one attached hydrogen (secondary N) is 2. The van der Waals surface area contributed by atoms with Crippen molar-refractivity contribution < 1.29 is 23.1 Å². The summed E-state index contributed by atoms with van der Waals surface area (Å²) in [5.74, 6) is -1.73. The van der Waals surface area contributed by atoms with E-state index < -0.39 is 27.9 Å². The summed E-state index contributed by atoms with van der Waals surface area (Å²) >= 11 is 6.11. The number of nitrogens with two attached hydrogens (primary N) is 1. The quantitative estimate of drug-likeness (QED) is 0.345. The van der Waals surface area contributed by atoms with E-state index in [-0.39, 0.29) is 11.4 Å². The smallest absolute Gasteiger partial charge is 0.327 e. The Morgan fingerprint density at radius 2 is 1.58 bits per heavy atom. The molecule has 0 unspecified atom stereocenters. The lowest BCUT2D eigenvalue weighted by Crippen LogP contribution is -2.46. The van der Waals surface area contributed by atoms with Crippen LogP contribution in [0.2, 0.25) is 5.02 Å². The van der Waals surface area contributed by atoms with Crippen LogP contribution in [0.15, 0.2) is 53.4 Å². The fraction of sp³-hybridized carbons (Fsp3) is 0.231. The van der Waals surface area contributed by atoms with Crippen molar-refractivity contribution in [2.45, 2.75) is 38.6 Å². The van der Waals surface area contributed by atoms with Gasteiger partial charge in [-0.3, -0.25) is 9.52 Å². The first-order valence-corrected chi connectivity index (χ1v) is 12.9. The molecule has 36 heavy (non-hydrogen) atoms. The molecule has 0 aliphatic heterocycles. The van der Waals surface area contributed by atoms with E-state index >= 15 is 0 Å². The molecule has 0 radical (unpaired) electrons. The van der Waals surface area contributed by atoms with Gasteiger partial charge in [0.2, 0.25) is 0 Å². The van der Waals surface area contributed by atoms with E-state index in [0.717, 1.165) is 11.1 Å². The molecule has 0 saturated carbocycles.